The Bertz CT molecular complexity index is 595. The van der Waals surface area contributed by atoms with Crippen molar-refractivity contribution in [2.24, 2.45) is 46.3 Å². The van der Waals surface area contributed by atoms with Crippen LogP contribution in [0.5, 0.6) is 0 Å². The van der Waals surface area contributed by atoms with E-state index in [1.165, 1.54) is 0 Å². The number of hydrogen-bond acceptors (Lipinski definition) is 6. The fraction of sp³-hybridized carbons (Fsp3) is 0.714. The van der Waals surface area contributed by atoms with Gasteiger partial charge in [0.25, 0.3) is 0 Å². The van der Waals surface area contributed by atoms with Crippen molar-refractivity contribution in [2.45, 2.75) is 12.8 Å². The van der Waals surface area contributed by atoms with Crippen molar-refractivity contribution in [1.82, 2.24) is 0 Å². The van der Waals surface area contributed by atoms with Crippen LogP contribution in [0, 0.1) is 46.3 Å². The molecule has 6 heteroatoms. The van der Waals surface area contributed by atoms with Gasteiger partial charge in [-0.1, -0.05) is 0 Å². The van der Waals surface area contributed by atoms with Gasteiger partial charge >= 0.3 is 23.9 Å². The molecule has 0 N–H and O–H groups in total. The Balaban J connectivity index is 1.54. The summed E-state index contributed by atoms with van der Waals surface area (Å²) in [5.74, 6) is -3.13. The number of carbonyl (C=O) groups excluding carboxylic acids is 4. The summed E-state index contributed by atoms with van der Waals surface area (Å²) in [6, 6.07) is 0. The van der Waals surface area contributed by atoms with Crippen LogP contribution in [0.2, 0.25) is 0 Å². The minimum Gasteiger partial charge on any atom is -0.393 e. The third-order valence-electron chi connectivity index (χ3n) is 7.14. The molecule has 102 valence electrons. The average Bonchev–Trinajstić information content (AvgIpc) is 3.22. The molecule has 8 atom stereocenters. The number of carbonyl (C=O) groups is 4. The Morgan fingerprint density at radius 2 is 1.10 bits per heavy atom. The van der Waals surface area contributed by atoms with Gasteiger partial charge in [-0.3, -0.25) is 19.2 Å². The van der Waals surface area contributed by atoms with E-state index >= 15 is 0 Å². The van der Waals surface area contributed by atoms with Crippen LogP contribution in [-0.2, 0) is 28.7 Å². The van der Waals surface area contributed by atoms with Crippen LogP contribution in [-0.4, -0.2) is 23.9 Å². The minimum absolute atomic E-state index is 0.0323. The van der Waals surface area contributed by atoms with Crippen molar-refractivity contribution in [3.05, 3.63) is 0 Å². The van der Waals surface area contributed by atoms with Crippen molar-refractivity contribution >= 4 is 23.9 Å². The number of cyclic esters (lactones) is 4. The number of esters is 4. The summed E-state index contributed by atoms with van der Waals surface area (Å²) in [6.07, 6.45) is 1.52. The van der Waals surface area contributed by atoms with E-state index in [2.05, 4.69) is 0 Å². The van der Waals surface area contributed by atoms with Crippen LogP contribution in [0.4, 0.5) is 0 Å². The molecule has 0 bridgehead atoms. The van der Waals surface area contributed by atoms with Crippen LogP contribution in [0.15, 0.2) is 0 Å². The zero-order valence-electron chi connectivity index (χ0n) is 10.3. The third-order valence-corrected chi connectivity index (χ3v) is 7.14. The average molecular weight is 274 g/mol. The zero-order valence-corrected chi connectivity index (χ0v) is 10.3. The van der Waals surface area contributed by atoms with Gasteiger partial charge < -0.3 is 9.47 Å². The molecule has 0 aromatic rings. The predicted molar refractivity (Wildman–Crippen MR) is 57.2 cm³/mol. The highest BCUT2D eigenvalue weighted by molar-refractivity contribution is 6.03. The van der Waals surface area contributed by atoms with Crippen molar-refractivity contribution in [2.75, 3.05) is 0 Å². The maximum Gasteiger partial charge on any atom is 0.318 e. The molecule has 6 nitrogen and oxygen atoms in total. The molecule has 0 amide bonds. The van der Waals surface area contributed by atoms with Crippen LogP contribution in [0.1, 0.15) is 12.8 Å². The maximum atomic E-state index is 11.9. The molecule has 0 aromatic carbocycles. The van der Waals surface area contributed by atoms with Gasteiger partial charge in [0.05, 0.1) is 23.7 Å². The first-order valence-electron chi connectivity index (χ1n) is 7.05. The van der Waals surface area contributed by atoms with Gasteiger partial charge in [0, 0.05) is 0 Å². The molecule has 6 aliphatic rings. The molecule has 0 radical (unpaired) electrons. The summed E-state index contributed by atoms with van der Waals surface area (Å²) in [6.45, 7) is 0. The van der Waals surface area contributed by atoms with Crippen molar-refractivity contribution < 1.29 is 28.7 Å². The summed E-state index contributed by atoms with van der Waals surface area (Å²) in [7, 11) is 0. The van der Waals surface area contributed by atoms with Gasteiger partial charge in [-0.15, -0.1) is 0 Å². The normalized spacial score (nSPS) is 63.2. The highest BCUT2D eigenvalue weighted by Gasteiger charge is 2.98. The molecule has 20 heavy (non-hydrogen) atoms. The smallest absolute Gasteiger partial charge is 0.318 e. The van der Waals surface area contributed by atoms with Gasteiger partial charge in [0.2, 0.25) is 0 Å². The molecular weight excluding hydrogens is 264 g/mol. The lowest BCUT2D eigenvalue weighted by Crippen LogP contribution is -2.58. The molecule has 2 aliphatic heterocycles. The molecular formula is C14H10O6. The summed E-state index contributed by atoms with van der Waals surface area (Å²) >= 11 is 0. The van der Waals surface area contributed by atoms with E-state index in [1.807, 2.05) is 0 Å². The van der Waals surface area contributed by atoms with E-state index in [0.717, 1.165) is 12.8 Å². The lowest BCUT2D eigenvalue weighted by atomic mass is 9.46. The van der Waals surface area contributed by atoms with Crippen LogP contribution in [0.3, 0.4) is 0 Å². The van der Waals surface area contributed by atoms with Gasteiger partial charge in [-0.05, 0) is 35.5 Å². The molecule has 1 unspecified atom stereocenters. The Kier molecular flexibility index (Phi) is 1.18. The number of fused-ring (bicyclic) bond motifs is 4. The number of rotatable bonds is 0. The van der Waals surface area contributed by atoms with Crippen molar-refractivity contribution in [3.63, 3.8) is 0 Å². The van der Waals surface area contributed by atoms with E-state index < -0.39 is 23.9 Å². The fourth-order valence-electron chi connectivity index (χ4n) is 6.64. The second kappa shape index (κ2) is 2.34. The van der Waals surface area contributed by atoms with Crippen molar-refractivity contribution in [1.29, 1.82) is 0 Å². The standard InChI is InChI=1S/C14H10O6/c15-9-5-3-1-13(3)7-8(12(18)20-11(7)17)14(13)2-4(14)6(5)10(16)19-9/h3-8H,1-2H2/t3-,4+,5+,6-,7-,8?,13-,14+/m0/s1. The first kappa shape index (κ1) is 10.1. The molecule has 4 aliphatic carbocycles. The first-order valence-corrected chi connectivity index (χ1v) is 7.05. The largest absolute Gasteiger partial charge is 0.393 e. The topological polar surface area (TPSA) is 86.7 Å². The third kappa shape index (κ3) is 0.636. The summed E-state index contributed by atoms with van der Waals surface area (Å²) in [5, 5.41) is 0. The first-order chi connectivity index (χ1) is 9.54. The SMILES string of the molecule is O=C1OC(=O)[C@@H]2C1[C@@]13C[C@@H]1[C@@H]1C(=O)OC(=O)[C@@H]1[C@@H]1C[C@@]213. The maximum absolute atomic E-state index is 11.9. The molecule has 4 saturated carbocycles. The van der Waals surface area contributed by atoms with Crippen LogP contribution < -0.4 is 0 Å². The van der Waals surface area contributed by atoms with Gasteiger partial charge in [-0.25, -0.2) is 0 Å². The molecule has 6 rings (SSSR count). The van der Waals surface area contributed by atoms with E-state index in [0.29, 0.717) is 0 Å². The van der Waals surface area contributed by atoms with E-state index in [1.54, 1.807) is 0 Å². The zero-order chi connectivity index (χ0) is 13.6. The second-order valence-corrected chi connectivity index (χ2v) is 7.19. The molecule has 2 heterocycles. The van der Waals surface area contributed by atoms with E-state index in [9.17, 15) is 19.2 Å². The summed E-state index contributed by atoms with van der Waals surface area (Å²) in [5.41, 5.74) is -0.479. The lowest BCUT2D eigenvalue weighted by Gasteiger charge is -2.51. The summed E-state index contributed by atoms with van der Waals surface area (Å²) in [4.78, 5) is 47.6. The Hall–Kier alpha value is -1.72. The summed E-state index contributed by atoms with van der Waals surface area (Å²) < 4.78 is 9.64. The minimum atomic E-state index is -0.427. The van der Waals surface area contributed by atoms with Gasteiger partial charge in [-0.2, -0.15) is 0 Å². The Morgan fingerprint density at radius 3 is 1.55 bits per heavy atom. The molecule has 2 saturated heterocycles. The molecule has 6 fully saturated rings. The van der Waals surface area contributed by atoms with Gasteiger partial charge in [0.15, 0.2) is 0 Å². The van der Waals surface area contributed by atoms with Crippen molar-refractivity contribution in [3.8, 4) is 0 Å². The van der Waals surface area contributed by atoms with Crippen LogP contribution >= 0.6 is 0 Å². The number of hydrogen-bond donors (Lipinski definition) is 0. The predicted octanol–water partition coefficient (Wildman–Crippen LogP) is -0.342. The van der Waals surface area contributed by atoms with Gasteiger partial charge in [0.1, 0.15) is 0 Å². The highest BCUT2D eigenvalue weighted by atomic mass is 16.6. The van der Waals surface area contributed by atoms with E-state index in [4.69, 9.17) is 9.47 Å². The fourth-order valence-corrected chi connectivity index (χ4v) is 6.64. The highest BCUT2D eigenvalue weighted by Crippen LogP contribution is 2.96. The molecule has 0 aromatic heterocycles. The van der Waals surface area contributed by atoms with E-state index in [-0.39, 0.29) is 46.3 Å². The number of ether oxygens (including phenoxy) is 2. The lowest BCUT2D eigenvalue weighted by molar-refractivity contribution is -0.158. The van der Waals surface area contributed by atoms with Crippen LogP contribution in [0.25, 0.3) is 0 Å². The Labute approximate surface area is 112 Å². The molecule has 2 spiro atoms. The quantitative estimate of drug-likeness (QED) is 0.443. The Morgan fingerprint density at radius 1 is 0.700 bits per heavy atom. The second-order valence-electron chi connectivity index (χ2n) is 7.19. The monoisotopic (exact) mass is 274 g/mol.